The number of carbonyl (C=O) groups excluding carboxylic acids is 3. The van der Waals surface area contributed by atoms with E-state index in [1.165, 1.54) is 6.92 Å². The first-order chi connectivity index (χ1) is 12.0. The zero-order valence-corrected chi connectivity index (χ0v) is 15.1. The molecule has 0 aliphatic rings. The molecule has 0 aromatic heterocycles. The summed E-state index contributed by atoms with van der Waals surface area (Å²) in [7, 11) is 0. The minimum Gasteiger partial charge on any atom is -0.480 e. The summed E-state index contributed by atoms with van der Waals surface area (Å²) < 4.78 is 0. The van der Waals surface area contributed by atoms with E-state index in [0.29, 0.717) is 6.42 Å². The standard InChI is InChI=1S/C15H28N4O7/c1-4-7(2)12(19-13(23)11(16)8(3)21)14(24)17-5-10(22)18-9(6-20)15(25)26/h7-9,11-12,20-21H,4-6,16H2,1-3H3,(H,17,24)(H,18,22)(H,19,23)(H,25,26). The lowest BCUT2D eigenvalue weighted by atomic mass is 9.97. The Hall–Kier alpha value is -2.24. The van der Waals surface area contributed by atoms with Gasteiger partial charge in [-0.1, -0.05) is 20.3 Å². The van der Waals surface area contributed by atoms with Gasteiger partial charge in [0.1, 0.15) is 18.1 Å². The van der Waals surface area contributed by atoms with Gasteiger partial charge in [-0.05, 0) is 12.8 Å². The fourth-order valence-corrected chi connectivity index (χ4v) is 1.88. The van der Waals surface area contributed by atoms with Crippen LogP contribution in [0.5, 0.6) is 0 Å². The van der Waals surface area contributed by atoms with Crippen molar-refractivity contribution in [3.05, 3.63) is 0 Å². The Balaban J connectivity index is 4.82. The molecular formula is C15H28N4O7. The van der Waals surface area contributed by atoms with Gasteiger partial charge in [0, 0.05) is 0 Å². The Labute approximate surface area is 151 Å². The fourth-order valence-electron chi connectivity index (χ4n) is 1.88. The number of aliphatic hydroxyl groups is 2. The Morgan fingerprint density at radius 1 is 1.08 bits per heavy atom. The van der Waals surface area contributed by atoms with Crippen molar-refractivity contribution in [3.63, 3.8) is 0 Å². The molecule has 26 heavy (non-hydrogen) atoms. The van der Waals surface area contributed by atoms with Crippen LogP contribution in [0.2, 0.25) is 0 Å². The monoisotopic (exact) mass is 376 g/mol. The maximum absolute atomic E-state index is 12.3. The van der Waals surface area contributed by atoms with Crippen molar-refractivity contribution >= 4 is 23.7 Å². The lowest BCUT2D eigenvalue weighted by Crippen LogP contribution is -2.57. The molecule has 11 nitrogen and oxygen atoms in total. The van der Waals surface area contributed by atoms with Gasteiger partial charge in [-0.15, -0.1) is 0 Å². The molecule has 8 N–H and O–H groups in total. The summed E-state index contributed by atoms with van der Waals surface area (Å²) in [5, 5.41) is 33.7. The number of aliphatic carboxylic acids is 1. The number of rotatable bonds is 11. The quantitative estimate of drug-likeness (QED) is 0.197. The molecule has 0 aromatic carbocycles. The molecule has 5 unspecified atom stereocenters. The van der Waals surface area contributed by atoms with Crippen molar-refractivity contribution in [3.8, 4) is 0 Å². The average Bonchev–Trinajstić information content (AvgIpc) is 2.59. The maximum atomic E-state index is 12.3. The van der Waals surface area contributed by atoms with E-state index in [2.05, 4.69) is 10.6 Å². The second-order valence-corrected chi connectivity index (χ2v) is 6.00. The van der Waals surface area contributed by atoms with Crippen molar-refractivity contribution in [2.24, 2.45) is 11.7 Å². The van der Waals surface area contributed by atoms with Crippen LogP contribution in [0.25, 0.3) is 0 Å². The van der Waals surface area contributed by atoms with Crippen LogP contribution >= 0.6 is 0 Å². The van der Waals surface area contributed by atoms with E-state index in [-0.39, 0.29) is 5.92 Å². The first-order valence-corrected chi connectivity index (χ1v) is 8.19. The molecule has 0 heterocycles. The second kappa shape index (κ2) is 11.4. The summed E-state index contributed by atoms with van der Waals surface area (Å²) in [6, 6.07) is -3.68. The van der Waals surface area contributed by atoms with E-state index < -0.39 is 61.1 Å². The second-order valence-electron chi connectivity index (χ2n) is 6.00. The third-order valence-corrected chi connectivity index (χ3v) is 3.85. The van der Waals surface area contributed by atoms with Crippen LogP contribution in [-0.4, -0.2) is 76.4 Å². The molecule has 0 bridgehead atoms. The highest BCUT2D eigenvalue weighted by Gasteiger charge is 2.29. The van der Waals surface area contributed by atoms with Crippen LogP contribution in [0.3, 0.4) is 0 Å². The van der Waals surface area contributed by atoms with Gasteiger partial charge in [-0.2, -0.15) is 0 Å². The van der Waals surface area contributed by atoms with Crippen LogP contribution in [0, 0.1) is 5.92 Å². The van der Waals surface area contributed by atoms with Gasteiger partial charge < -0.3 is 37.0 Å². The lowest BCUT2D eigenvalue weighted by molar-refractivity contribution is -0.142. The summed E-state index contributed by atoms with van der Waals surface area (Å²) in [6.07, 6.45) is -0.562. The molecule has 150 valence electrons. The number of carboxylic acids is 1. The van der Waals surface area contributed by atoms with Gasteiger partial charge in [0.25, 0.3) is 0 Å². The lowest BCUT2D eigenvalue weighted by Gasteiger charge is -2.25. The van der Waals surface area contributed by atoms with E-state index >= 15 is 0 Å². The highest BCUT2D eigenvalue weighted by Crippen LogP contribution is 2.08. The summed E-state index contributed by atoms with van der Waals surface area (Å²) in [5.74, 6) is -3.88. The van der Waals surface area contributed by atoms with E-state index in [9.17, 15) is 24.3 Å². The molecule has 0 fully saturated rings. The summed E-state index contributed by atoms with van der Waals surface area (Å²) in [5.41, 5.74) is 5.53. The van der Waals surface area contributed by atoms with Gasteiger partial charge in [-0.3, -0.25) is 14.4 Å². The Morgan fingerprint density at radius 2 is 1.65 bits per heavy atom. The van der Waals surface area contributed by atoms with E-state index in [4.69, 9.17) is 15.9 Å². The molecular weight excluding hydrogens is 348 g/mol. The highest BCUT2D eigenvalue weighted by atomic mass is 16.4. The van der Waals surface area contributed by atoms with Crippen LogP contribution in [0.4, 0.5) is 0 Å². The van der Waals surface area contributed by atoms with Gasteiger partial charge in [0.2, 0.25) is 17.7 Å². The van der Waals surface area contributed by atoms with Crippen LogP contribution in [0.1, 0.15) is 27.2 Å². The Kier molecular flexibility index (Phi) is 10.4. The van der Waals surface area contributed by atoms with Crippen molar-refractivity contribution < 1.29 is 34.5 Å². The van der Waals surface area contributed by atoms with Gasteiger partial charge in [0.05, 0.1) is 19.3 Å². The summed E-state index contributed by atoms with van der Waals surface area (Å²) >= 11 is 0. The van der Waals surface area contributed by atoms with Crippen LogP contribution < -0.4 is 21.7 Å². The number of nitrogens with two attached hydrogens (primary N) is 1. The predicted molar refractivity (Wildman–Crippen MR) is 90.7 cm³/mol. The minimum absolute atomic E-state index is 0.285. The average molecular weight is 376 g/mol. The topological polar surface area (TPSA) is 191 Å². The van der Waals surface area contributed by atoms with Crippen molar-refractivity contribution in [2.75, 3.05) is 13.2 Å². The summed E-state index contributed by atoms with van der Waals surface area (Å²) in [4.78, 5) is 46.7. The normalized spacial score (nSPS) is 16.5. The smallest absolute Gasteiger partial charge is 0.328 e. The number of amides is 3. The highest BCUT2D eigenvalue weighted by molar-refractivity contribution is 5.92. The fraction of sp³-hybridized carbons (Fsp3) is 0.733. The first-order valence-electron chi connectivity index (χ1n) is 8.19. The van der Waals surface area contributed by atoms with E-state index in [1.54, 1.807) is 13.8 Å². The Morgan fingerprint density at radius 3 is 2.08 bits per heavy atom. The maximum Gasteiger partial charge on any atom is 0.328 e. The van der Waals surface area contributed by atoms with Crippen LogP contribution in [-0.2, 0) is 19.2 Å². The van der Waals surface area contributed by atoms with Gasteiger partial charge >= 0.3 is 5.97 Å². The van der Waals surface area contributed by atoms with Gasteiger partial charge in [0.15, 0.2) is 0 Å². The number of nitrogens with one attached hydrogen (secondary N) is 3. The van der Waals surface area contributed by atoms with Crippen molar-refractivity contribution in [1.29, 1.82) is 0 Å². The molecule has 0 aromatic rings. The molecule has 3 amide bonds. The third-order valence-electron chi connectivity index (χ3n) is 3.85. The number of carboxylic acid groups (broad SMARTS) is 1. The van der Waals surface area contributed by atoms with Crippen molar-refractivity contribution in [1.82, 2.24) is 16.0 Å². The van der Waals surface area contributed by atoms with E-state index in [1.807, 2.05) is 5.32 Å². The minimum atomic E-state index is -1.48. The number of carbonyl (C=O) groups is 4. The number of hydrogen-bond acceptors (Lipinski definition) is 7. The SMILES string of the molecule is CCC(C)C(NC(=O)C(N)C(C)O)C(=O)NCC(=O)NC(CO)C(=O)O. The summed E-state index contributed by atoms with van der Waals surface area (Å²) in [6.45, 7) is 3.53. The largest absolute Gasteiger partial charge is 0.480 e. The molecule has 0 aliphatic heterocycles. The van der Waals surface area contributed by atoms with E-state index in [0.717, 1.165) is 0 Å². The molecule has 0 rings (SSSR count). The Bertz CT molecular complexity index is 512. The van der Waals surface area contributed by atoms with Crippen LogP contribution in [0.15, 0.2) is 0 Å². The molecule has 11 heteroatoms. The number of aliphatic hydroxyl groups excluding tert-OH is 2. The molecule has 0 aliphatic carbocycles. The molecule has 0 radical (unpaired) electrons. The van der Waals surface area contributed by atoms with Gasteiger partial charge in [-0.25, -0.2) is 4.79 Å². The molecule has 0 spiro atoms. The zero-order valence-electron chi connectivity index (χ0n) is 15.1. The molecule has 0 saturated carbocycles. The third kappa shape index (κ3) is 7.76. The molecule has 5 atom stereocenters. The first kappa shape index (κ1) is 23.8. The predicted octanol–water partition coefficient (Wildman–Crippen LogP) is -3.10. The zero-order chi connectivity index (χ0) is 20.4. The van der Waals surface area contributed by atoms with Crippen molar-refractivity contribution in [2.45, 2.75) is 51.4 Å². The number of hydrogen-bond donors (Lipinski definition) is 7. The molecule has 0 saturated heterocycles.